The SMILES string of the molecule is COC(=O)c1ccc(-c2ccc([P+](=O)OC)cc2)cc1. The number of benzene rings is 2. The van der Waals surface area contributed by atoms with E-state index >= 15 is 0 Å². The Morgan fingerprint density at radius 2 is 1.40 bits per heavy atom. The number of rotatable bonds is 4. The van der Waals surface area contributed by atoms with Crippen LogP contribution in [-0.2, 0) is 13.8 Å². The lowest BCUT2D eigenvalue weighted by atomic mass is 10.0. The molecule has 0 heterocycles. The average Bonchev–Trinajstić information content (AvgIpc) is 2.53. The van der Waals surface area contributed by atoms with Crippen molar-refractivity contribution >= 4 is 19.3 Å². The minimum absolute atomic E-state index is 0.357. The Morgan fingerprint density at radius 1 is 0.900 bits per heavy atom. The first-order valence-electron chi connectivity index (χ1n) is 5.96. The summed E-state index contributed by atoms with van der Waals surface area (Å²) in [5.41, 5.74) is 2.46. The van der Waals surface area contributed by atoms with Gasteiger partial charge in [0.15, 0.2) is 0 Å². The van der Waals surface area contributed by atoms with Gasteiger partial charge in [-0.2, -0.15) is 0 Å². The van der Waals surface area contributed by atoms with E-state index in [4.69, 9.17) is 4.52 Å². The van der Waals surface area contributed by atoms with Crippen molar-refractivity contribution in [1.82, 2.24) is 0 Å². The molecule has 0 aliphatic rings. The van der Waals surface area contributed by atoms with Crippen LogP contribution in [0, 0.1) is 0 Å². The molecule has 20 heavy (non-hydrogen) atoms. The Balaban J connectivity index is 2.23. The molecular weight excluding hydrogens is 275 g/mol. The fourth-order valence-electron chi connectivity index (χ4n) is 1.80. The lowest BCUT2D eigenvalue weighted by Gasteiger charge is -2.03. The standard InChI is InChI=1S/C15H14O4P/c1-18-15(16)13-5-3-11(4-6-13)12-7-9-14(10-8-12)20(17)19-2/h3-10H,1-2H3/q+1. The monoisotopic (exact) mass is 289 g/mol. The summed E-state index contributed by atoms with van der Waals surface area (Å²) in [6, 6.07) is 14.4. The van der Waals surface area contributed by atoms with Crippen molar-refractivity contribution in [1.29, 1.82) is 0 Å². The normalized spacial score (nSPS) is 11.0. The highest BCUT2D eigenvalue weighted by Crippen LogP contribution is 2.23. The van der Waals surface area contributed by atoms with Crippen LogP contribution in [0.4, 0.5) is 0 Å². The van der Waals surface area contributed by atoms with Crippen LogP contribution in [0.2, 0.25) is 0 Å². The molecule has 2 rings (SSSR count). The third kappa shape index (κ3) is 3.10. The Hall–Kier alpha value is -2.03. The van der Waals surface area contributed by atoms with Gasteiger partial charge in [0.05, 0.1) is 19.8 Å². The first kappa shape index (κ1) is 14.4. The molecule has 5 heteroatoms. The van der Waals surface area contributed by atoms with Crippen LogP contribution in [0.3, 0.4) is 0 Å². The third-order valence-corrected chi connectivity index (χ3v) is 3.93. The van der Waals surface area contributed by atoms with Crippen LogP contribution in [0.25, 0.3) is 11.1 Å². The number of esters is 1. The van der Waals surface area contributed by atoms with Gasteiger partial charge in [0.1, 0.15) is 0 Å². The van der Waals surface area contributed by atoms with E-state index in [-0.39, 0.29) is 5.97 Å². The van der Waals surface area contributed by atoms with E-state index in [9.17, 15) is 9.36 Å². The van der Waals surface area contributed by atoms with Crippen molar-refractivity contribution in [2.24, 2.45) is 0 Å². The molecule has 0 fully saturated rings. The largest absolute Gasteiger partial charge is 0.548 e. The minimum atomic E-state index is -1.78. The molecule has 102 valence electrons. The molecule has 0 saturated carbocycles. The van der Waals surface area contributed by atoms with Crippen LogP contribution in [0.1, 0.15) is 10.4 Å². The van der Waals surface area contributed by atoms with Gasteiger partial charge in [0, 0.05) is 0 Å². The van der Waals surface area contributed by atoms with Crippen LogP contribution in [0.15, 0.2) is 48.5 Å². The highest BCUT2D eigenvalue weighted by atomic mass is 31.1. The van der Waals surface area contributed by atoms with Crippen LogP contribution in [0.5, 0.6) is 0 Å². The molecule has 0 radical (unpaired) electrons. The summed E-state index contributed by atoms with van der Waals surface area (Å²) < 4.78 is 20.9. The van der Waals surface area contributed by atoms with Gasteiger partial charge in [-0.1, -0.05) is 12.1 Å². The fourth-order valence-corrected chi connectivity index (χ4v) is 2.40. The topological polar surface area (TPSA) is 52.6 Å². The van der Waals surface area contributed by atoms with E-state index in [0.29, 0.717) is 10.9 Å². The molecule has 0 spiro atoms. The maximum absolute atomic E-state index is 11.5. The van der Waals surface area contributed by atoms with E-state index in [2.05, 4.69) is 4.74 Å². The van der Waals surface area contributed by atoms with Crippen molar-refractivity contribution in [3.8, 4) is 11.1 Å². The molecule has 0 amide bonds. The quantitative estimate of drug-likeness (QED) is 0.641. The summed E-state index contributed by atoms with van der Waals surface area (Å²) in [4.78, 5) is 11.3. The van der Waals surface area contributed by atoms with E-state index < -0.39 is 8.03 Å². The maximum atomic E-state index is 11.5. The van der Waals surface area contributed by atoms with Gasteiger partial charge in [-0.3, -0.25) is 0 Å². The summed E-state index contributed by atoms with van der Waals surface area (Å²) in [5, 5.41) is 0.650. The van der Waals surface area contributed by atoms with Crippen molar-refractivity contribution < 1.29 is 18.6 Å². The second kappa shape index (κ2) is 6.42. The molecule has 0 aromatic heterocycles. The number of hydrogen-bond acceptors (Lipinski definition) is 4. The summed E-state index contributed by atoms with van der Waals surface area (Å²) in [6.07, 6.45) is 0. The Labute approximate surface area is 118 Å². The van der Waals surface area contributed by atoms with Crippen LogP contribution >= 0.6 is 8.03 Å². The van der Waals surface area contributed by atoms with Gasteiger partial charge < -0.3 is 4.74 Å². The predicted molar refractivity (Wildman–Crippen MR) is 77.5 cm³/mol. The number of methoxy groups -OCH3 is 1. The lowest BCUT2D eigenvalue weighted by molar-refractivity contribution is 0.0601. The van der Waals surface area contributed by atoms with E-state index in [1.807, 2.05) is 24.3 Å². The molecule has 0 saturated heterocycles. The van der Waals surface area contributed by atoms with Crippen molar-refractivity contribution in [2.45, 2.75) is 0 Å². The Kier molecular flexibility index (Phi) is 4.61. The van der Waals surface area contributed by atoms with Gasteiger partial charge in [0.25, 0.3) is 0 Å². The zero-order valence-electron chi connectivity index (χ0n) is 11.2. The summed E-state index contributed by atoms with van der Waals surface area (Å²) in [5.74, 6) is -0.357. The average molecular weight is 289 g/mol. The molecule has 1 atom stereocenters. The third-order valence-electron chi connectivity index (χ3n) is 2.88. The Bertz CT molecular complexity index is 560. The fraction of sp³-hybridized carbons (Fsp3) is 0.133. The van der Waals surface area contributed by atoms with E-state index in [1.54, 1.807) is 24.3 Å². The predicted octanol–water partition coefficient (Wildman–Crippen LogP) is 3.15. The number of ether oxygens (including phenoxy) is 1. The van der Waals surface area contributed by atoms with Gasteiger partial charge in [-0.05, 0) is 52.1 Å². The zero-order valence-corrected chi connectivity index (χ0v) is 12.1. The van der Waals surface area contributed by atoms with E-state index in [0.717, 1.165) is 11.1 Å². The minimum Gasteiger partial charge on any atom is -0.465 e. The second-order valence-electron chi connectivity index (χ2n) is 4.06. The van der Waals surface area contributed by atoms with Gasteiger partial charge in [-0.15, -0.1) is 4.52 Å². The maximum Gasteiger partial charge on any atom is 0.548 e. The first-order valence-corrected chi connectivity index (χ1v) is 7.13. The molecule has 0 N–H and O–H groups in total. The number of carbonyl (C=O) groups is 1. The molecule has 0 aliphatic carbocycles. The summed E-state index contributed by atoms with van der Waals surface area (Å²) in [6.45, 7) is 0. The molecule has 4 nitrogen and oxygen atoms in total. The number of carbonyl (C=O) groups excluding carboxylic acids is 1. The second-order valence-corrected chi connectivity index (χ2v) is 5.45. The molecule has 0 bridgehead atoms. The highest BCUT2D eigenvalue weighted by Gasteiger charge is 2.19. The van der Waals surface area contributed by atoms with Gasteiger partial charge >= 0.3 is 14.0 Å². The molecule has 2 aromatic rings. The van der Waals surface area contributed by atoms with Crippen molar-refractivity contribution in [3.63, 3.8) is 0 Å². The molecule has 2 aromatic carbocycles. The summed E-state index contributed by atoms with van der Waals surface area (Å²) in [7, 11) is 0.986. The highest BCUT2D eigenvalue weighted by molar-refractivity contribution is 7.48. The van der Waals surface area contributed by atoms with Crippen molar-refractivity contribution in [2.75, 3.05) is 14.2 Å². The lowest BCUT2D eigenvalue weighted by Crippen LogP contribution is -2.00. The van der Waals surface area contributed by atoms with E-state index in [1.165, 1.54) is 14.2 Å². The van der Waals surface area contributed by atoms with Gasteiger partial charge in [-0.25, -0.2) is 4.79 Å². The smallest absolute Gasteiger partial charge is 0.465 e. The molecule has 0 aliphatic heterocycles. The molecular formula is C15H14O4P+. The first-order chi connectivity index (χ1) is 9.65. The van der Waals surface area contributed by atoms with Crippen LogP contribution < -0.4 is 5.30 Å². The number of hydrogen-bond donors (Lipinski definition) is 0. The van der Waals surface area contributed by atoms with Gasteiger partial charge in [0.2, 0.25) is 5.30 Å². The molecule has 1 unspecified atom stereocenters. The Morgan fingerprint density at radius 3 is 1.85 bits per heavy atom. The van der Waals surface area contributed by atoms with Crippen molar-refractivity contribution in [3.05, 3.63) is 54.1 Å². The zero-order chi connectivity index (χ0) is 14.5. The summed E-state index contributed by atoms with van der Waals surface area (Å²) >= 11 is 0. The van der Waals surface area contributed by atoms with Crippen LogP contribution in [-0.4, -0.2) is 20.2 Å².